The van der Waals surface area contributed by atoms with Crippen LogP contribution in [0.2, 0.25) is 0 Å². The Hall–Kier alpha value is -2.80. The monoisotopic (exact) mass is 555 g/mol. The summed E-state index contributed by atoms with van der Waals surface area (Å²) >= 11 is 0. The number of ether oxygens (including phenoxy) is 3. The van der Waals surface area contributed by atoms with Crippen LogP contribution in [0.5, 0.6) is 5.75 Å². The van der Waals surface area contributed by atoms with Crippen molar-refractivity contribution in [1.29, 1.82) is 0 Å². The lowest BCUT2D eigenvalue weighted by molar-refractivity contribution is -0.149. The SMILES string of the molecule is CO[C@@]1(C)[C@H](n2ccc(=O)[nH]c2=O)O[C@](C)(COP(=O)(N[C@H](C)C(=O)OC(C)C)Oc2ccccc2)[C@H]1O. The number of nitrogens with one attached hydrogen (secondary N) is 2. The summed E-state index contributed by atoms with van der Waals surface area (Å²) in [5.74, 6) is -0.474. The average molecular weight is 556 g/mol. The molecule has 14 heteroatoms. The summed E-state index contributed by atoms with van der Waals surface area (Å²) in [5, 5.41) is 13.8. The average Bonchev–Trinajstić information content (AvgIpc) is 3.05. The zero-order valence-electron chi connectivity index (χ0n) is 22.1. The first-order valence-electron chi connectivity index (χ1n) is 11.9. The smallest absolute Gasteiger partial charge is 0.459 e. The van der Waals surface area contributed by atoms with E-state index >= 15 is 0 Å². The molecule has 1 aliphatic heterocycles. The molecule has 0 spiro atoms. The number of hydrogen-bond donors (Lipinski definition) is 3. The Balaban J connectivity index is 1.89. The second kappa shape index (κ2) is 11.5. The van der Waals surface area contributed by atoms with Gasteiger partial charge in [0.15, 0.2) is 6.23 Å². The fourth-order valence-corrected chi connectivity index (χ4v) is 5.58. The molecular formula is C24H34N3O10P. The molecule has 1 saturated heterocycles. The van der Waals surface area contributed by atoms with Crippen molar-refractivity contribution in [3.8, 4) is 5.75 Å². The van der Waals surface area contributed by atoms with Crippen LogP contribution in [0.15, 0.2) is 52.2 Å². The minimum atomic E-state index is -4.27. The van der Waals surface area contributed by atoms with E-state index in [1.165, 1.54) is 34.1 Å². The van der Waals surface area contributed by atoms with E-state index in [2.05, 4.69) is 10.1 Å². The van der Waals surface area contributed by atoms with Gasteiger partial charge in [0.2, 0.25) is 0 Å². The number of aliphatic hydroxyl groups is 1. The van der Waals surface area contributed by atoms with Crippen LogP contribution in [0.4, 0.5) is 0 Å². The van der Waals surface area contributed by atoms with E-state index in [-0.39, 0.29) is 5.75 Å². The molecule has 1 unspecified atom stereocenters. The fraction of sp³-hybridized carbons (Fsp3) is 0.542. The van der Waals surface area contributed by atoms with Gasteiger partial charge in [-0.1, -0.05) is 18.2 Å². The molecule has 6 atom stereocenters. The highest BCUT2D eigenvalue weighted by atomic mass is 31.2. The van der Waals surface area contributed by atoms with Gasteiger partial charge in [0.1, 0.15) is 29.1 Å². The zero-order valence-corrected chi connectivity index (χ0v) is 23.0. The maximum Gasteiger partial charge on any atom is 0.459 e. The Morgan fingerprint density at radius 3 is 2.45 bits per heavy atom. The maximum absolute atomic E-state index is 13.8. The molecule has 2 heterocycles. The Morgan fingerprint density at radius 1 is 1.21 bits per heavy atom. The van der Waals surface area contributed by atoms with Crippen molar-refractivity contribution < 1.29 is 37.7 Å². The Morgan fingerprint density at radius 2 is 1.87 bits per heavy atom. The molecule has 38 heavy (non-hydrogen) atoms. The molecule has 0 saturated carbocycles. The van der Waals surface area contributed by atoms with Crippen LogP contribution in [0.1, 0.15) is 40.8 Å². The van der Waals surface area contributed by atoms with Gasteiger partial charge in [-0.3, -0.25) is 23.7 Å². The highest BCUT2D eigenvalue weighted by molar-refractivity contribution is 7.52. The first-order valence-corrected chi connectivity index (χ1v) is 13.5. The third-order valence-electron chi connectivity index (χ3n) is 6.08. The van der Waals surface area contributed by atoms with Crippen molar-refractivity contribution in [3.05, 3.63) is 63.4 Å². The number of methoxy groups -OCH3 is 1. The van der Waals surface area contributed by atoms with Crippen LogP contribution in [0, 0.1) is 0 Å². The zero-order chi connectivity index (χ0) is 28.3. The predicted octanol–water partition coefficient (Wildman–Crippen LogP) is 1.72. The molecule has 1 aliphatic rings. The molecule has 1 fully saturated rings. The summed E-state index contributed by atoms with van der Waals surface area (Å²) in [6.45, 7) is 7.29. The van der Waals surface area contributed by atoms with Crippen LogP contribution < -0.4 is 20.9 Å². The van der Waals surface area contributed by atoms with Gasteiger partial charge in [0, 0.05) is 19.4 Å². The fourth-order valence-electron chi connectivity index (χ4n) is 4.00. The lowest BCUT2D eigenvalue weighted by Gasteiger charge is -2.33. The van der Waals surface area contributed by atoms with Gasteiger partial charge in [-0.15, -0.1) is 0 Å². The number of rotatable bonds is 11. The number of H-pyrrole nitrogens is 1. The number of esters is 1. The van der Waals surface area contributed by atoms with Crippen LogP contribution >= 0.6 is 7.75 Å². The molecule has 0 aliphatic carbocycles. The van der Waals surface area contributed by atoms with Crippen molar-refractivity contribution in [3.63, 3.8) is 0 Å². The molecule has 1 aromatic heterocycles. The van der Waals surface area contributed by atoms with E-state index in [0.717, 1.165) is 10.6 Å². The van der Waals surface area contributed by atoms with Crippen molar-refractivity contribution >= 4 is 13.7 Å². The molecule has 210 valence electrons. The van der Waals surface area contributed by atoms with Gasteiger partial charge in [0.25, 0.3) is 5.56 Å². The minimum Gasteiger partial charge on any atom is -0.462 e. The highest BCUT2D eigenvalue weighted by Crippen LogP contribution is 2.50. The van der Waals surface area contributed by atoms with Gasteiger partial charge in [-0.25, -0.2) is 9.36 Å². The van der Waals surface area contributed by atoms with Crippen LogP contribution in [0.25, 0.3) is 0 Å². The van der Waals surface area contributed by atoms with Gasteiger partial charge < -0.3 is 23.8 Å². The van der Waals surface area contributed by atoms with Crippen molar-refractivity contribution in [1.82, 2.24) is 14.6 Å². The Bertz CT molecular complexity index is 1280. The lowest BCUT2D eigenvalue weighted by atomic mass is 9.89. The first-order chi connectivity index (χ1) is 17.7. The summed E-state index contributed by atoms with van der Waals surface area (Å²) in [7, 11) is -2.94. The van der Waals surface area contributed by atoms with Gasteiger partial charge >= 0.3 is 19.4 Å². The quantitative estimate of drug-likeness (QED) is 0.273. The normalized spacial score (nSPS) is 27.6. The minimum absolute atomic E-state index is 0.199. The molecule has 0 bridgehead atoms. The second-order valence-corrected chi connectivity index (χ2v) is 11.3. The number of benzene rings is 1. The Kier molecular flexibility index (Phi) is 9.02. The largest absolute Gasteiger partial charge is 0.462 e. The predicted molar refractivity (Wildman–Crippen MR) is 136 cm³/mol. The topological polar surface area (TPSA) is 167 Å². The summed E-state index contributed by atoms with van der Waals surface area (Å²) in [5.41, 5.74) is -4.44. The molecule has 0 amide bonds. The number of hydrogen-bond acceptors (Lipinski definition) is 10. The van der Waals surface area contributed by atoms with E-state index in [9.17, 15) is 24.1 Å². The van der Waals surface area contributed by atoms with Gasteiger partial charge in [-0.2, -0.15) is 5.09 Å². The van der Waals surface area contributed by atoms with Crippen molar-refractivity contribution in [2.75, 3.05) is 13.7 Å². The second-order valence-electron chi connectivity index (χ2n) is 9.60. The van der Waals surface area contributed by atoms with E-state index in [1.807, 2.05) is 0 Å². The Labute approximate surface area is 219 Å². The van der Waals surface area contributed by atoms with Crippen LogP contribution in [0.3, 0.4) is 0 Å². The standard InChI is InChI=1S/C24H34N3O10P/c1-15(2)35-19(29)16(3)26-38(32,37-17-10-8-7-9-11-17)34-14-23(4)20(30)24(5,33-6)21(36-23)27-13-12-18(28)25-22(27)31/h7-13,15-16,20-21,30H,14H2,1-6H3,(H,26,32)(H,25,28,31)/t16-,20-,21-,23-,24-,38?/m1/s1. The first kappa shape index (κ1) is 29.8. The summed E-state index contributed by atoms with van der Waals surface area (Å²) in [6, 6.07) is 8.23. The van der Waals surface area contributed by atoms with Crippen LogP contribution in [-0.2, 0) is 28.1 Å². The number of aliphatic hydroxyl groups excluding tert-OH is 1. The van der Waals surface area contributed by atoms with Crippen molar-refractivity contribution in [2.24, 2.45) is 0 Å². The van der Waals surface area contributed by atoms with E-state index < -0.39 is 67.3 Å². The lowest BCUT2D eigenvalue weighted by Crippen LogP contribution is -2.52. The van der Waals surface area contributed by atoms with Gasteiger partial charge in [-0.05, 0) is 46.8 Å². The van der Waals surface area contributed by atoms with E-state index in [1.54, 1.807) is 44.2 Å². The van der Waals surface area contributed by atoms with E-state index in [4.69, 9.17) is 23.3 Å². The number of carbonyl (C=O) groups excluding carboxylic acids is 1. The molecule has 2 aromatic rings. The molecule has 0 radical (unpaired) electrons. The maximum atomic E-state index is 13.8. The molecule has 3 N–H and O–H groups in total. The number of para-hydroxylation sites is 1. The third kappa shape index (κ3) is 6.42. The molecule has 3 rings (SSSR count). The third-order valence-corrected chi connectivity index (χ3v) is 7.71. The molecular weight excluding hydrogens is 521 g/mol. The molecule has 1 aromatic carbocycles. The van der Waals surface area contributed by atoms with Crippen molar-refractivity contribution in [2.45, 2.75) is 70.3 Å². The summed E-state index contributed by atoms with van der Waals surface area (Å²) in [4.78, 5) is 38.5. The van der Waals surface area contributed by atoms with E-state index in [0.29, 0.717) is 0 Å². The van der Waals surface area contributed by atoms with Crippen LogP contribution in [-0.4, -0.2) is 63.8 Å². The number of aromatic amines is 1. The summed E-state index contributed by atoms with van der Waals surface area (Å²) in [6.07, 6.45) is -1.78. The highest BCUT2D eigenvalue weighted by Gasteiger charge is 2.61. The summed E-state index contributed by atoms with van der Waals surface area (Å²) < 4.78 is 43.1. The molecule has 13 nitrogen and oxygen atoms in total. The number of nitrogens with zero attached hydrogens (tertiary/aromatic N) is 1. The number of aromatic nitrogens is 2. The van der Waals surface area contributed by atoms with Gasteiger partial charge in [0.05, 0.1) is 12.7 Å². The number of carbonyl (C=O) groups is 1.